The molecule has 2 unspecified atom stereocenters. The summed E-state index contributed by atoms with van der Waals surface area (Å²) in [6.07, 6.45) is 0.764. The van der Waals surface area contributed by atoms with E-state index in [4.69, 9.17) is 4.98 Å². The number of hydrogen-bond acceptors (Lipinski definition) is 5. The standard InChI is InChI=1S/C16H24N4O2S/c1-9(2)14-13(20-16(17-14)23-11(4)18-20)8-19-6-10(3)5-12(7-19)15(21)22/h9-10,12H,5-8H2,1-4H3,(H,21,22). The smallest absolute Gasteiger partial charge is 0.307 e. The van der Waals surface area contributed by atoms with Gasteiger partial charge in [-0.1, -0.05) is 32.1 Å². The number of carboxylic acid groups (broad SMARTS) is 1. The van der Waals surface area contributed by atoms with Crippen molar-refractivity contribution in [3.8, 4) is 0 Å². The van der Waals surface area contributed by atoms with Gasteiger partial charge < -0.3 is 5.11 Å². The molecule has 2 aromatic heterocycles. The summed E-state index contributed by atoms with van der Waals surface area (Å²) < 4.78 is 1.95. The van der Waals surface area contributed by atoms with Crippen LogP contribution in [0.5, 0.6) is 0 Å². The van der Waals surface area contributed by atoms with Crippen LogP contribution in [0.3, 0.4) is 0 Å². The summed E-state index contributed by atoms with van der Waals surface area (Å²) in [5, 5.41) is 14.9. The first kappa shape index (κ1) is 16.4. The summed E-state index contributed by atoms with van der Waals surface area (Å²) in [5.41, 5.74) is 2.19. The number of likely N-dealkylation sites (tertiary alicyclic amines) is 1. The molecule has 1 N–H and O–H groups in total. The first-order valence-corrected chi connectivity index (χ1v) is 8.97. The normalized spacial score (nSPS) is 23.0. The van der Waals surface area contributed by atoms with Crippen LogP contribution in [0.2, 0.25) is 0 Å². The molecule has 0 aliphatic carbocycles. The van der Waals surface area contributed by atoms with E-state index in [0.29, 0.717) is 24.9 Å². The van der Waals surface area contributed by atoms with Crippen LogP contribution in [-0.4, -0.2) is 43.7 Å². The highest BCUT2D eigenvalue weighted by Crippen LogP contribution is 2.28. The van der Waals surface area contributed by atoms with Crippen molar-refractivity contribution in [2.45, 2.75) is 46.6 Å². The van der Waals surface area contributed by atoms with Gasteiger partial charge in [-0.3, -0.25) is 9.69 Å². The van der Waals surface area contributed by atoms with Gasteiger partial charge in [-0.25, -0.2) is 9.50 Å². The Balaban J connectivity index is 1.90. The monoisotopic (exact) mass is 336 g/mol. The fourth-order valence-electron chi connectivity index (χ4n) is 3.49. The lowest BCUT2D eigenvalue weighted by atomic mass is 9.90. The van der Waals surface area contributed by atoms with E-state index in [9.17, 15) is 9.90 Å². The van der Waals surface area contributed by atoms with Gasteiger partial charge in [0.25, 0.3) is 0 Å². The molecule has 3 heterocycles. The van der Waals surface area contributed by atoms with Crippen LogP contribution < -0.4 is 0 Å². The van der Waals surface area contributed by atoms with Gasteiger partial charge in [0.2, 0.25) is 4.96 Å². The average Bonchev–Trinajstić information content (AvgIpc) is 2.96. The van der Waals surface area contributed by atoms with Crippen molar-refractivity contribution in [1.29, 1.82) is 0 Å². The molecule has 0 bridgehead atoms. The van der Waals surface area contributed by atoms with Crippen LogP contribution >= 0.6 is 11.3 Å². The van der Waals surface area contributed by atoms with E-state index in [0.717, 1.165) is 34.3 Å². The second kappa shape index (κ2) is 6.20. The van der Waals surface area contributed by atoms with Crippen LogP contribution in [0.4, 0.5) is 0 Å². The molecule has 2 aromatic rings. The molecular formula is C16H24N4O2S. The highest BCUT2D eigenvalue weighted by molar-refractivity contribution is 7.16. The number of carbonyl (C=O) groups is 1. The first-order chi connectivity index (χ1) is 10.8. The lowest BCUT2D eigenvalue weighted by Gasteiger charge is -2.34. The van der Waals surface area contributed by atoms with Gasteiger partial charge in [-0.05, 0) is 25.2 Å². The molecule has 126 valence electrons. The van der Waals surface area contributed by atoms with Gasteiger partial charge in [0, 0.05) is 19.6 Å². The maximum atomic E-state index is 11.4. The lowest BCUT2D eigenvalue weighted by molar-refractivity contribution is -0.144. The molecule has 23 heavy (non-hydrogen) atoms. The molecule has 1 aliphatic heterocycles. The van der Waals surface area contributed by atoms with Crippen LogP contribution in [0, 0.1) is 18.8 Å². The minimum Gasteiger partial charge on any atom is -0.481 e. The van der Waals surface area contributed by atoms with Crippen molar-refractivity contribution in [2.75, 3.05) is 13.1 Å². The number of carboxylic acids is 1. The second-order valence-electron chi connectivity index (χ2n) is 6.98. The van der Waals surface area contributed by atoms with Crippen molar-refractivity contribution in [3.63, 3.8) is 0 Å². The molecular weight excluding hydrogens is 312 g/mol. The van der Waals surface area contributed by atoms with Gasteiger partial charge in [0.15, 0.2) is 0 Å². The molecule has 3 rings (SSSR count). The predicted molar refractivity (Wildman–Crippen MR) is 89.9 cm³/mol. The molecule has 1 aliphatic rings. The highest BCUT2D eigenvalue weighted by atomic mass is 32.1. The van der Waals surface area contributed by atoms with E-state index in [1.54, 1.807) is 11.3 Å². The van der Waals surface area contributed by atoms with E-state index in [-0.39, 0.29) is 5.92 Å². The molecule has 7 heteroatoms. The molecule has 6 nitrogen and oxygen atoms in total. The number of fused-ring (bicyclic) bond motifs is 1. The first-order valence-electron chi connectivity index (χ1n) is 8.15. The number of aryl methyl sites for hydroxylation is 1. The van der Waals surface area contributed by atoms with Gasteiger partial charge >= 0.3 is 5.97 Å². The number of aromatic nitrogens is 3. The maximum absolute atomic E-state index is 11.4. The summed E-state index contributed by atoms with van der Waals surface area (Å²) in [4.78, 5) is 19.3. The Labute approximate surface area is 140 Å². The zero-order valence-corrected chi connectivity index (χ0v) is 14.9. The minimum absolute atomic E-state index is 0.276. The summed E-state index contributed by atoms with van der Waals surface area (Å²) in [6, 6.07) is 0. The number of imidazole rings is 1. The Morgan fingerprint density at radius 1 is 1.43 bits per heavy atom. The van der Waals surface area contributed by atoms with E-state index >= 15 is 0 Å². The molecule has 0 aromatic carbocycles. The molecule has 2 atom stereocenters. The Morgan fingerprint density at radius 3 is 2.83 bits per heavy atom. The number of rotatable bonds is 4. The topological polar surface area (TPSA) is 70.7 Å². The Hall–Kier alpha value is -1.47. The van der Waals surface area contributed by atoms with E-state index in [1.165, 1.54) is 0 Å². The SMILES string of the molecule is Cc1nn2c(CN3CC(C)CC(C(=O)O)C3)c(C(C)C)nc2s1. The third-order valence-electron chi connectivity index (χ3n) is 4.43. The number of aliphatic carboxylic acids is 1. The van der Waals surface area contributed by atoms with Gasteiger partial charge in [0.05, 0.1) is 17.3 Å². The molecule has 0 radical (unpaired) electrons. The number of piperidine rings is 1. The van der Waals surface area contributed by atoms with Gasteiger partial charge in [-0.15, -0.1) is 0 Å². The minimum atomic E-state index is -0.687. The van der Waals surface area contributed by atoms with Crippen LogP contribution in [0.1, 0.15) is 49.5 Å². The summed E-state index contributed by atoms with van der Waals surface area (Å²) in [6.45, 7) is 10.6. The van der Waals surface area contributed by atoms with E-state index in [2.05, 4.69) is 30.8 Å². The fraction of sp³-hybridized carbons (Fsp3) is 0.688. The average molecular weight is 336 g/mol. The molecule has 0 amide bonds. The Kier molecular flexibility index (Phi) is 4.42. The van der Waals surface area contributed by atoms with Crippen molar-refractivity contribution in [1.82, 2.24) is 19.5 Å². The van der Waals surface area contributed by atoms with E-state index in [1.807, 2.05) is 11.4 Å². The third kappa shape index (κ3) is 3.26. The van der Waals surface area contributed by atoms with Crippen molar-refractivity contribution in [3.05, 3.63) is 16.4 Å². The van der Waals surface area contributed by atoms with Crippen molar-refractivity contribution < 1.29 is 9.90 Å². The molecule has 0 saturated carbocycles. The van der Waals surface area contributed by atoms with Crippen LogP contribution in [0.15, 0.2) is 0 Å². The van der Waals surface area contributed by atoms with Crippen molar-refractivity contribution in [2.24, 2.45) is 11.8 Å². The van der Waals surface area contributed by atoms with Crippen LogP contribution in [-0.2, 0) is 11.3 Å². The Morgan fingerprint density at radius 2 is 2.17 bits per heavy atom. The lowest BCUT2D eigenvalue weighted by Crippen LogP contribution is -2.42. The molecule has 1 fully saturated rings. The summed E-state index contributed by atoms with van der Waals surface area (Å²) in [7, 11) is 0. The zero-order valence-electron chi connectivity index (χ0n) is 14.1. The summed E-state index contributed by atoms with van der Waals surface area (Å²) in [5.74, 6) is -0.236. The predicted octanol–water partition coefficient (Wildman–Crippen LogP) is 2.77. The number of hydrogen-bond donors (Lipinski definition) is 1. The molecule has 0 spiro atoms. The highest BCUT2D eigenvalue weighted by Gasteiger charge is 2.31. The molecule has 1 saturated heterocycles. The van der Waals surface area contributed by atoms with Crippen LogP contribution in [0.25, 0.3) is 4.96 Å². The van der Waals surface area contributed by atoms with E-state index < -0.39 is 5.97 Å². The quantitative estimate of drug-likeness (QED) is 0.929. The third-order valence-corrected chi connectivity index (χ3v) is 5.26. The summed E-state index contributed by atoms with van der Waals surface area (Å²) >= 11 is 1.60. The maximum Gasteiger partial charge on any atom is 0.307 e. The zero-order chi connectivity index (χ0) is 16.7. The Bertz CT molecular complexity index is 721. The van der Waals surface area contributed by atoms with Gasteiger partial charge in [0.1, 0.15) is 5.01 Å². The number of nitrogens with zero attached hydrogens (tertiary/aromatic N) is 4. The van der Waals surface area contributed by atoms with Crippen molar-refractivity contribution >= 4 is 22.3 Å². The fourth-order valence-corrected chi connectivity index (χ4v) is 4.26. The second-order valence-corrected chi connectivity index (χ2v) is 8.14. The largest absolute Gasteiger partial charge is 0.481 e. The van der Waals surface area contributed by atoms with Gasteiger partial charge in [-0.2, -0.15) is 5.10 Å².